The summed E-state index contributed by atoms with van der Waals surface area (Å²) in [5.41, 5.74) is 1.82. The van der Waals surface area contributed by atoms with Gasteiger partial charge in [0.2, 0.25) is 0 Å². The highest BCUT2D eigenvalue weighted by atomic mass is 16.3. The average Bonchev–Trinajstić information content (AvgIpc) is 2.27. The summed E-state index contributed by atoms with van der Waals surface area (Å²) in [6, 6.07) is 4.40. The van der Waals surface area contributed by atoms with Crippen LogP contribution in [0.2, 0.25) is 0 Å². The smallest absolute Gasteiger partial charge is 0.0931 e. The van der Waals surface area contributed by atoms with Gasteiger partial charge in [0.15, 0.2) is 0 Å². The molecule has 0 fully saturated rings. The summed E-state index contributed by atoms with van der Waals surface area (Å²) < 4.78 is 0. The third-order valence-electron chi connectivity index (χ3n) is 3.08. The van der Waals surface area contributed by atoms with Crippen molar-refractivity contribution in [1.29, 1.82) is 0 Å². The second-order valence-corrected chi connectivity index (χ2v) is 5.21. The van der Waals surface area contributed by atoms with Crippen molar-refractivity contribution in [3.05, 3.63) is 24.0 Å². The fourth-order valence-corrected chi connectivity index (χ4v) is 1.95. The summed E-state index contributed by atoms with van der Waals surface area (Å²) in [6.45, 7) is 8.42. The Hall–Kier alpha value is -1.09. The van der Waals surface area contributed by atoms with E-state index >= 15 is 0 Å². The van der Waals surface area contributed by atoms with E-state index in [0.29, 0.717) is 12.0 Å². The van der Waals surface area contributed by atoms with E-state index in [-0.39, 0.29) is 0 Å². The Balaban J connectivity index is 2.72. The molecule has 1 unspecified atom stereocenters. The summed E-state index contributed by atoms with van der Waals surface area (Å²) in [5, 5.41) is 9.41. The van der Waals surface area contributed by atoms with Crippen molar-refractivity contribution in [3.63, 3.8) is 0 Å². The first kappa shape index (κ1) is 14.0. The van der Waals surface area contributed by atoms with Crippen molar-refractivity contribution in [2.24, 2.45) is 5.92 Å². The molecular formula is C14H24N2O. The summed E-state index contributed by atoms with van der Waals surface area (Å²) >= 11 is 0. The standard InChI is InChI=1S/C14H24N2O/c1-10(2)8-11(3)16(5)13-6-7-14(12(4)17)15-9-13/h6-7,9-12,17H,8H2,1-5H3/t11?,12-/m1/s1. The van der Waals surface area contributed by atoms with Crippen LogP contribution in [0.4, 0.5) is 5.69 Å². The van der Waals surface area contributed by atoms with Crippen LogP contribution in [-0.2, 0) is 0 Å². The van der Waals surface area contributed by atoms with Gasteiger partial charge in [-0.15, -0.1) is 0 Å². The maximum absolute atomic E-state index is 9.41. The summed E-state index contributed by atoms with van der Waals surface area (Å²) in [4.78, 5) is 6.50. The van der Waals surface area contributed by atoms with Crippen LogP contribution in [0.25, 0.3) is 0 Å². The van der Waals surface area contributed by atoms with Crippen LogP contribution in [0, 0.1) is 5.92 Å². The first-order chi connectivity index (χ1) is 7.91. The third kappa shape index (κ3) is 4.00. The van der Waals surface area contributed by atoms with Crippen LogP contribution >= 0.6 is 0 Å². The quantitative estimate of drug-likeness (QED) is 0.853. The van der Waals surface area contributed by atoms with Crippen LogP contribution in [0.5, 0.6) is 0 Å². The molecule has 0 radical (unpaired) electrons. The van der Waals surface area contributed by atoms with Crippen LogP contribution < -0.4 is 4.90 Å². The topological polar surface area (TPSA) is 36.4 Å². The van der Waals surface area contributed by atoms with E-state index in [9.17, 15) is 5.11 Å². The predicted molar refractivity (Wildman–Crippen MR) is 72.2 cm³/mol. The highest BCUT2D eigenvalue weighted by Gasteiger charge is 2.12. The van der Waals surface area contributed by atoms with Crippen LogP contribution in [0.1, 0.15) is 45.9 Å². The maximum atomic E-state index is 9.41. The first-order valence-corrected chi connectivity index (χ1v) is 6.28. The second-order valence-electron chi connectivity index (χ2n) is 5.21. The lowest BCUT2D eigenvalue weighted by Gasteiger charge is -2.28. The molecule has 0 spiro atoms. The number of rotatable bonds is 5. The average molecular weight is 236 g/mol. The molecular weight excluding hydrogens is 212 g/mol. The number of hydrogen-bond donors (Lipinski definition) is 1. The van der Waals surface area contributed by atoms with Gasteiger partial charge in [0.1, 0.15) is 0 Å². The van der Waals surface area contributed by atoms with Gasteiger partial charge in [-0.2, -0.15) is 0 Å². The van der Waals surface area contributed by atoms with Crippen LogP contribution in [0.3, 0.4) is 0 Å². The van der Waals surface area contributed by atoms with Crippen molar-refractivity contribution < 1.29 is 5.11 Å². The molecule has 1 rings (SSSR count). The molecule has 0 aromatic carbocycles. The first-order valence-electron chi connectivity index (χ1n) is 6.28. The zero-order chi connectivity index (χ0) is 13.0. The Labute approximate surface area is 104 Å². The van der Waals surface area contributed by atoms with Gasteiger partial charge in [0, 0.05) is 13.1 Å². The third-order valence-corrected chi connectivity index (χ3v) is 3.08. The van der Waals surface area contributed by atoms with Gasteiger partial charge in [-0.25, -0.2) is 0 Å². The van der Waals surface area contributed by atoms with Gasteiger partial charge >= 0.3 is 0 Å². The van der Waals surface area contributed by atoms with E-state index in [1.807, 2.05) is 18.3 Å². The Morgan fingerprint density at radius 2 is 1.88 bits per heavy atom. The minimum atomic E-state index is -0.498. The zero-order valence-corrected chi connectivity index (χ0v) is 11.5. The van der Waals surface area contributed by atoms with Gasteiger partial charge in [0.05, 0.1) is 23.7 Å². The van der Waals surface area contributed by atoms with Crippen molar-refractivity contribution in [2.45, 2.75) is 46.3 Å². The molecule has 17 heavy (non-hydrogen) atoms. The summed E-state index contributed by atoms with van der Waals surface area (Å²) in [7, 11) is 2.09. The molecule has 3 heteroatoms. The number of nitrogens with zero attached hydrogens (tertiary/aromatic N) is 2. The molecule has 0 aliphatic rings. The number of anilines is 1. The van der Waals surface area contributed by atoms with Crippen molar-refractivity contribution >= 4 is 5.69 Å². The molecule has 1 N–H and O–H groups in total. The molecule has 96 valence electrons. The highest BCUT2D eigenvalue weighted by Crippen LogP contribution is 2.19. The number of aliphatic hydroxyl groups excluding tert-OH is 1. The second kappa shape index (κ2) is 6.01. The molecule has 1 aromatic rings. The van der Waals surface area contributed by atoms with E-state index in [2.05, 4.69) is 37.7 Å². The molecule has 1 aromatic heterocycles. The van der Waals surface area contributed by atoms with Crippen molar-refractivity contribution in [1.82, 2.24) is 4.98 Å². The van der Waals surface area contributed by atoms with E-state index in [0.717, 1.165) is 17.8 Å². The van der Waals surface area contributed by atoms with E-state index < -0.39 is 6.10 Å². The number of hydrogen-bond acceptors (Lipinski definition) is 3. The maximum Gasteiger partial charge on any atom is 0.0931 e. The predicted octanol–water partition coefficient (Wildman–Crippen LogP) is 3.01. The van der Waals surface area contributed by atoms with Gasteiger partial charge in [0.25, 0.3) is 0 Å². The molecule has 0 amide bonds. The van der Waals surface area contributed by atoms with E-state index in [1.165, 1.54) is 0 Å². The summed E-state index contributed by atoms with van der Waals surface area (Å²) in [5.74, 6) is 0.692. The molecule has 0 bridgehead atoms. The molecule has 1 heterocycles. The normalized spacial score (nSPS) is 14.8. The van der Waals surface area contributed by atoms with Crippen LogP contribution in [0.15, 0.2) is 18.3 Å². The molecule has 2 atom stereocenters. The molecule has 0 saturated heterocycles. The van der Waals surface area contributed by atoms with Crippen molar-refractivity contribution in [3.8, 4) is 0 Å². The Morgan fingerprint density at radius 3 is 2.29 bits per heavy atom. The van der Waals surface area contributed by atoms with Gasteiger partial charge < -0.3 is 10.0 Å². The Kier molecular flexibility index (Phi) is 4.94. The summed E-state index contributed by atoms with van der Waals surface area (Å²) in [6.07, 6.45) is 2.50. The molecule has 3 nitrogen and oxygen atoms in total. The van der Waals surface area contributed by atoms with E-state index in [1.54, 1.807) is 6.92 Å². The van der Waals surface area contributed by atoms with Crippen LogP contribution in [-0.4, -0.2) is 23.2 Å². The van der Waals surface area contributed by atoms with Gasteiger partial charge in [-0.1, -0.05) is 13.8 Å². The minimum absolute atomic E-state index is 0.495. The fraction of sp³-hybridized carbons (Fsp3) is 0.643. The number of pyridine rings is 1. The molecule has 0 aliphatic carbocycles. The monoisotopic (exact) mass is 236 g/mol. The van der Waals surface area contributed by atoms with Gasteiger partial charge in [-0.3, -0.25) is 4.98 Å². The minimum Gasteiger partial charge on any atom is -0.387 e. The lowest BCUT2D eigenvalue weighted by Crippen LogP contribution is -2.30. The molecule has 0 saturated carbocycles. The van der Waals surface area contributed by atoms with Gasteiger partial charge in [-0.05, 0) is 38.3 Å². The Morgan fingerprint density at radius 1 is 1.24 bits per heavy atom. The number of aliphatic hydroxyl groups is 1. The number of aromatic nitrogens is 1. The highest BCUT2D eigenvalue weighted by molar-refractivity contribution is 5.44. The Bertz CT molecular complexity index is 333. The fourth-order valence-electron chi connectivity index (χ4n) is 1.95. The van der Waals surface area contributed by atoms with E-state index in [4.69, 9.17) is 0 Å². The lowest BCUT2D eigenvalue weighted by molar-refractivity contribution is 0.194. The SMILES string of the molecule is CC(C)CC(C)N(C)c1ccc([C@@H](C)O)nc1. The molecule has 0 aliphatic heterocycles. The zero-order valence-electron chi connectivity index (χ0n) is 11.5. The largest absolute Gasteiger partial charge is 0.387 e. The lowest BCUT2D eigenvalue weighted by atomic mass is 10.0. The van der Waals surface area contributed by atoms with Crippen molar-refractivity contribution in [2.75, 3.05) is 11.9 Å².